The second kappa shape index (κ2) is 5.76. The van der Waals surface area contributed by atoms with Crippen LogP contribution in [-0.4, -0.2) is 17.8 Å². The van der Waals surface area contributed by atoms with Crippen molar-refractivity contribution in [3.63, 3.8) is 0 Å². The fourth-order valence-electron chi connectivity index (χ4n) is 1.71. The summed E-state index contributed by atoms with van der Waals surface area (Å²) in [4.78, 5) is 0. The predicted molar refractivity (Wildman–Crippen MR) is 65.3 cm³/mol. The number of hydrogen-bond donors (Lipinski definition) is 2. The van der Waals surface area contributed by atoms with Gasteiger partial charge in [0.05, 0.1) is 0 Å². The lowest BCUT2D eigenvalue weighted by Crippen LogP contribution is -2.16. The molecule has 2 N–H and O–H groups in total. The quantitative estimate of drug-likeness (QED) is 0.778. The lowest BCUT2D eigenvalue weighted by molar-refractivity contribution is 0.282. The van der Waals surface area contributed by atoms with Gasteiger partial charge >= 0.3 is 0 Å². The van der Waals surface area contributed by atoms with Crippen molar-refractivity contribution in [3.8, 4) is 0 Å². The van der Waals surface area contributed by atoms with Crippen LogP contribution in [0.15, 0.2) is 18.2 Å². The van der Waals surface area contributed by atoms with Crippen molar-refractivity contribution in [1.29, 1.82) is 0 Å². The van der Waals surface area contributed by atoms with Crippen LogP contribution in [-0.2, 0) is 0 Å². The monoisotopic (exact) mass is 207 g/mol. The molecule has 0 spiro atoms. The molecule has 0 fully saturated rings. The zero-order valence-electron chi connectivity index (χ0n) is 9.88. The SMILES string of the molecule is Cc1ccc(NC(C)CCCO)c(C)c1. The Hall–Kier alpha value is -1.02. The smallest absolute Gasteiger partial charge is 0.0431 e. The maximum absolute atomic E-state index is 8.74. The fraction of sp³-hybridized carbons (Fsp3) is 0.538. The normalized spacial score (nSPS) is 12.5. The molecule has 1 aromatic rings. The second-order valence-electron chi connectivity index (χ2n) is 4.23. The highest BCUT2D eigenvalue weighted by molar-refractivity contribution is 5.52. The molecular weight excluding hydrogens is 186 g/mol. The van der Waals surface area contributed by atoms with Crippen LogP contribution in [0, 0.1) is 13.8 Å². The molecule has 84 valence electrons. The van der Waals surface area contributed by atoms with E-state index in [1.807, 2.05) is 0 Å². The van der Waals surface area contributed by atoms with E-state index in [9.17, 15) is 0 Å². The summed E-state index contributed by atoms with van der Waals surface area (Å²) in [6.07, 6.45) is 1.86. The van der Waals surface area contributed by atoms with Crippen LogP contribution >= 0.6 is 0 Å². The van der Waals surface area contributed by atoms with Crippen LogP contribution in [0.4, 0.5) is 5.69 Å². The average Bonchev–Trinajstić information content (AvgIpc) is 2.19. The minimum absolute atomic E-state index is 0.277. The molecule has 1 aromatic carbocycles. The number of anilines is 1. The zero-order valence-corrected chi connectivity index (χ0v) is 9.88. The maximum Gasteiger partial charge on any atom is 0.0431 e. The number of rotatable bonds is 5. The Labute approximate surface area is 92.3 Å². The van der Waals surface area contributed by atoms with Gasteiger partial charge in [0.2, 0.25) is 0 Å². The van der Waals surface area contributed by atoms with Crippen LogP contribution in [0.25, 0.3) is 0 Å². The highest BCUT2D eigenvalue weighted by atomic mass is 16.2. The Morgan fingerprint density at radius 1 is 1.33 bits per heavy atom. The second-order valence-corrected chi connectivity index (χ2v) is 4.23. The molecule has 15 heavy (non-hydrogen) atoms. The number of aryl methyl sites for hydroxylation is 2. The van der Waals surface area contributed by atoms with Crippen molar-refractivity contribution in [3.05, 3.63) is 29.3 Å². The minimum atomic E-state index is 0.277. The van der Waals surface area contributed by atoms with Gasteiger partial charge in [0.15, 0.2) is 0 Å². The molecule has 0 aliphatic heterocycles. The summed E-state index contributed by atoms with van der Waals surface area (Å²) in [6.45, 7) is 6.65. The van der Waals surface area contributed by atoms with Crippen molar-refractivity contribution >= 4 is 5.69 Å². The van der Waals surface area contributed by atoms with E-state index in [1.54, 1.807) is 0 Å². The number of aliphatic hydroxyl groups is 1. The summed E-state index contributed by atoms with van der Waals surface area (Å²) in [5.41, 5.74) is 3.78. The van der Waals surface area contributed by atoms with Gasteiger partial charge in [-0.1, -0.05) is 17.7 Å². The van der Waals surface area contributed by atoms with Gasteiger partial charge in [0, 0.05) is 18.3 Å². The Balaban J connectivity index is 2.56. The molecule has 1 unspecified atom stereocenters. The zero-order chi connectivity index (χ0) is 11.3. The van der Waals surface area contributed by atoms with Crippen molar-refractivity contribution in [1.82, 2.24) is 0 Å². The molecule has 0 bridgehead atoms. The third kappa shape index (κ3) is 3.92. The van der Waals surface area contributed by atoms with Gasteiger partial charge < -0.3 is 10.4 Å². The largest absolute Gasteiger partial charge is 0.396 e. The summed E-state index contributed by atoms with van der Waals surface area (Å²) in [5.74, 6) is 0. The number of hydrogen-bond acceptors (Lipinski definition) is 2. The van der Waals surface area contributed by atoms with E-state index in [4.69, 9.17) is 5.11 Å². The lowest BCUT2D eigenvalue weighted by Gasteiger charge is -2.16. The molecule has 2 nitrogen and oxygen atoms in total. The van der Waals surface area contributed by atoms with Crippen LogP contribution in [0.5, 0.6) is 0 Å². The molecule has 0 saturated carbocycles. The van der Waals surface area contributed by atoms with Gasteiger partial charge in [-0.15, -0.1) is 0 Å². The van der Waals surface area contributed by atoms with Crippen molar-refractivity contribution in [2.24, 2.45) is 0 Å². The molecule has 0 saturated heterocycles. The number of nitrogens with one attached hydrogen (secondary N) is 1. The Morgan fingerprint density at radius 3 is 2.67 bits per heavy atom. The van der Waals surface area contributed by atoms with Gasteiger partial charge in [-0.25, -0.2) is 0 Å². The summed E-state index contributed by atoms with van der Waals surface area (Å²) < 4.78 is 0. The molecular formula is C13H21NO. The van der Waals surface area contributed by atoms with Crippen LogP contribution in [0.3, 0.4) is 0 Å². The molecule has 0 radical (unpaired) electrons. The topological polar surface area (TPSA) is 32.3 Å². The highest BCUT2D eigenvalue weighted by Gasteiger charge is 2.03. The van der Waals surface area contributed by atoms with E-state index >= 15 is 0 Å². The third-order valence-electron chi connectivity index (χ3n) is 2.58. The fourth-order valence-corrected chi connectivity index (χ4v) is 1.71. The first-order valence-corrected chi connectivity index (χ1v) is 5.58. The van der Waals surface area contributed by atoms with Gasteiger partial charge in [0.1, 0.15) is 0 Å². The van der Waals surface area contributed by atoms with Crippen LogP contribution in [0.1, 0.15) is 30.9 Å². The number of benzene rings is 1. The first-order chi connectivity index (χ1) is 7.13. The van der Waals surface area contributed by atoms with E-state index in [0.717, 1.165) is 12.8 Å². The van der Waals surface area contributed by atoms with E-state index < -0.39 is 0 Å². The van der Waals surface area contributed by atoms with Crippen LogP contribution < -0.4 is 5.32 Å². The van der Waals surface area contributed by atoms with E-state index in [1.165, 1.54) is 16.8 Å². The molecule has 0 aliphatic carbocycles. The summed E-state index contributed by atoms with van der Waals surface area (Å²) in [7, 11) is 0. The minimum Gasteiger partial charge on any atom is -0.396 e. The molecule has 1 rings (SSSR count). The summed E-state index contributed by atoms with van der Waals surface area (Å²) >= 11 is 0. The predicted octanol–water partition coefficient (Wildman–Crippen LogP) is 2.88. The summed E-state index contributed by atoms with van der Waals surface area (Å²) in [5, 5.41) is 12.2. The first-order valence-electron chi connectivity index (χ1n) is 5.58. The van der Waals surface area contributed by atoms with Crippen molar-refractivity contribution < 1.29 is 5.11 Å². The van der Waals surface area contributed by atoms with Crippen LogP contribution in [0.2, 0.25) is 0 Å². The van der Waals surface area contributed by atoms with Crippen molar-refractivity contribution in [2.75, 3.05) is 11.9 Å². The molecule has 0 aliphatic rings. The Bertz CT molecular complexity index is 309. The molecule has 0 aromatic heterocycles. The summed E-state index contributed by atoms with van der Waals surface area (Å²) in [6, 6.07) is 6.84. The van der Waals surface area contributed by atoms with E-state index in [-0.39, 0.29) is 6.61 Å². The number of aliphatic hydroxyl groups excluding tert-OH is 1. The van der Waals surface area contributed by atoms with Crippen molar-refractivity contribution in [2.45, 2.75) is 39.7 Å². The lowest BCUT2D eigenvalue weighted by atomic mass is 10.1. The molecule has 1 atom stereocenters. The molecule has 0 heterocycles. The Kier molecular flexibility index (Phi) is 4.63. The first kappa shape index (κ1) is 12.1. The third-order valence-corrected chi connectivity index (χ3v) is 2.58. The van der Waals surface area contributed by atoms with E-state index in [2.05, 4.69) is 44.3 Å². The van der Waals surface area contributed by atoms with E-state index in [0.29, 0.717) is 6.04 Å². The standard InChI is InChI=1S/C13H21NO/c1-10-6-7-13(11(2)9-10)14-12(3)5-4-8-15/h6-7,9,12,14-15H,4-5,8H2,1-3H3. The van der Waals surface area contributed by atoms with Gasteiger partial charge in [-0.3, -0.25) is 0 Å². The maximum atomic E-state index is 8.74. The van der Waals surface area contributed by atoms with Gasteiger partial charge in [-0.05, 0) is 45.2 Å². The average molecular weight is 207 g/mol. The van der Waals surface area contributed by atoms with Gasteiger partial charge in [0.25, 0.3) is 0 Å². The molecule has 2 heteroatoms. The highest BCUT2D eigenvalue weighted by Crippen LogP contribution is 2.17. The molecule has 0 amide bonds. The Morgan fingerprint density at radius 2 is 2.07 bits per heavy atom. The van der Waals surface area contributed by atoms with Gasteiger partial charge in [-0.2, -0.15) is 0 Å².